The molecule has 5 rings (SSSR count). The van der Waals surface area contributed by atoms with Crippen molar-refractivity contribution >= 4 is 0 Å². The Hall–Kier alpha value is -2.86. The van der Waals surface area contributed by atoms with Crippen molar-refractivity contribution in [2.24, 2.45) is 7.05 Å². The molecule has 0 unspecified atom stereocenters. The van der Waals surface area contributed by atoms with Crippen molar-refractivity contribution < 1.29 is 9.47 Å². The monoisotopic (exact) mass is 376 g/mol. The fourth-order valence-electron chi connectivity index (χ4n) is 4.14. The molecule has 2 aromatic heterocycles. The molecule has 0 N–H and O–H groups in total. The van der Waals surface area contributed by atoms with Gasteiger partial charge in [-0.05, 0) is 48.7 Å². The molecule has 1 fully saturated rings. The van der Waals surface area contributed by atoms with E-state index < -0.39 is 0 Å². The Balaban J connectivity index is 1.32. The Morgan fingerprint density at radius 2 is 1.96 bits per heavy atom. The molecule has 6 heteroatoms. The molecule has 3 aromatic rings. The van der Waals surface area contributed by atoms with Crippen LogP contribution >= 0.6 is 0 Å². The van der Waals surface area contributed by atoms with Crippen LogP contribution in [0.4, 0.5) is 0 Å². The van der Waals surface area contributed by atoms with Crippen molar-refractivity contribution in [1.82, 2.24) is 19.7 Å². The third-order valence-electron chi connectivity index (χ3n) is 5.53. The van der Waals surface area contributed by atoms with Gasteiger partial charge in [0.1, 0.15) is 13.2 Å². The van der Waals surface area contributed by atoms with Gasteiger partial charge in [0.25, 0.3) is 0 Å². The number of aromatic nitrogens is 3. The van der Waals surface area contributed by atoms with Gasteiger partial charge in [-0.15, -0.1) is 0 Å². The maximum absolute atomic E-state index is 5.77. The van der Waals surface area contributed by atoms with E-state index in [1.807, 2.05) is 31.7 Å². The van der Waals surface area contributed by atoms with Gasteiger partial charge in [-0.2, -0.15) is 5.10 Å². The first-order chi connectivity index (χ1) is 13.8. The predicted molar refractivity (Wildman–Crippen MR) is 106 cm³/mol. The maximum atomic E-state index is 5.77. The molecule has 1 atom stereocenters. The van der Waals surface area contributed by atoms with Crippen LogP contribution in [-0.4, -0.2) is 39.4 Å². The van der Waals surface area contributed by atoms with E-state index in [0.29, 0.717) is 19.3 Å². The molecule has 0 saturated carbocycles. The summed E-state index contributed by atoms with van der Waals surface area (Å²) in [6.45, 7) is 3.26. The lowest BCUT2D eigenvalue weighted by Gasteiger charge is -2.26. The topological polar surface area (TPSA) is 52.4 Å². The molecule has 2 aliphatic heterocycles. The maximum Gasteiger partial charge on any atom is 0.161 e. The zero-order valence-electron chi connectivity index (χ0n) is 16.0. The Morgan fingerprint density at radius 1 is 1.07 bits per heavy atom. The lowest BCUT2D eigenvalue weighted by molar-refractivity contribution is 0.170. The van der Waals surface area contributed by atoms with Crippen molar-refractivity contribution in [3.8, 4) is 22.8 Å². The fourth-order valence-corrected chi connectivity index (χ4v) is 4.14. The van der Waals surface area contributed by atoms with Crippen LogP contribution in [-0.2, 0) is 13.6 Å². The molecule has 6 nitrogen and oxygen atoms in total. The summed E-state index contributed by atoms with van der Waals surface area (Å²) in [5.74, 6) is 1.73. The largest absolute Gasteiger partial charge is 0.486 e. The van der Waals surface area contributed by atoms with Gasteiger partial charge in [0.2, 0.25) is 0 Å². The van der Waals surface area contributed by atoms with Crippen molar-refractivity contribution in [2.75, 3.05) is 19.8 Å². The SMILES string of the molecule is Cn1cc(-c2ccc(CN3CCC[C@@H]3c3ccc4c(c3)OCCO4)cn2)cn1. The lowest BCUT2D eigenvalue weighted by Crippen LogP contribution is -2.23. The van der Waals surface area contributed by atoms with Crippen LogP contribution in [0.15, 0.2) is 48.9 Å². The standard InChI is InChI=1S/C22H24N4O2/c1-25-15-18(13-24-25)19-6-4-16(12-23-19)14-26-8-2-3-20(26)17-5-7-21-22(11-17)28-10-9-27-21/h4-7,11-13,15,20H,2-3,8-10,14H2,1H3/t20-/m1/s1. The van der Waals surface area contributed by atoms with Gasteiger partial charge < -0.3 is 9.47 Å². The number of pyridine rings is 1. The second-order valence-corrected chi connectivity index (χ2v) is 7.49. The van der Waals surface area contributed by atoms with Crippen molar-refractivity contribution in [3.63, 3.8) is 0 Å². The highest BCUT2D eigenvalue weighted by molar-refractivity contribution is 5.56. The normalized spacial score (nSPS) is 19.1. The van der Waals surface area contributed by atoms with Gasteiger partial charge >= 0.3 is 0 Å². The molecule has 0 amide bonds. The number of hydrogen-bond donors (Lipinski definition) is 0. The van der Waals surface area contributed by atoms with Crippen LogP contribution in [0.1, 0.15) is 30.0 Å². The fraction of sp³-hybridized carbons (Fsp3) is 0.364. The van der Waals surface area contributed by atoms with Crippen LogP contribution in [0.2, 0.25) is 0 Å². The van der Waals surface area contributed by atoms with Gasteiger partial charge in [-0.3, -0.25) is 14.6 Å². The number of likely N-dealkylation sites (tertiary alicyclic amines) is 1. The molecule has 0 radical (unpaired) electrons. The van der Waals surface area contributed by atoms with Gasteiger partial charge in [0.15, 0.2) is 11.5 Å². The van der Waals surface area contributed by atoms with Crippen LogP contribution in [0.3, 0.4) is 0 Å². The van der Waals surface area contributed by atoms with E-state index >= 15 is 0 Å². The summed E-state index contributed by atoms with van der Waals surface area (Å²) < 4.78 is 13.2. The van der Waals surface area contributed by atoms with Crippen LogP contribution in [0, 0.1) is 0 Å². The molecular formula is C22H24N4O2. The van der Waals surface area contributed by atoms with E-state index in [1.165, 1.54) is 24.0 Å². The van der Waals surface area contributed by atoms with Gasteiger partial charge in [-0.1, -0.05) is 12.1 Å². The Bertz CT molecular complexity index is 967. The molecule has 4 heterocycles. The number of hydrogen-bond acceptors (Lipinski definition) is 5. The van der Waals surface area contributed by atoms with E-state index in [4.69, 9.17) is 9.47 Å². The number of aryl methyl sites for hydroxylation is 1. The molecule has 1 saturated heterocycles. The summed E-state index contributed by atoms with van der Waals surface area (Å²) in [6.07, 6.45) is 8.20. The van der Waals surface area contributed by atoms with Crippen molar-refractivity contribution in [2.45, 2.75) is 25.4 Å². The molecular weight excluding hydrogens is 352 g/mol. The molecule has 144 valence electrons. The summed E-state index contributed by atoms with van der Waals surface area (Å²) in [5, 5.41) is 4.22. The Labute approximate surface area is 164 Å². The van der Waals surface area contributed by atoms with E-state index in [2.05, 4.69) is 39.2 Å². The third-order valence-corrected chi connectivity index (χ3v) is 5.53. The molecule has 0 bridgehead atoms. The smallest absolute Gasteiger partial charge is 0.161 e. The van der Waals surface area contributed by atoms with E-state index in [-0.39, 0.29) is 0 Å². The number of ether oxygens (including phenoxy) is 2. The average Bonchev–Trinajstić information content (AvgIpc) is 3.37. The molecule has 28 heavy (non-hydrogen) atoms. The molecule has 0 aliphatic carbocycles. The molecule has 2 aliphatic rings. The number of fused-ring (bicyclic) bond motifs is 1. The van der Waals surface area contributed by atoms with E-state index in [1.54, 1.807) is 4.68 Å². The zero-order valence-corrected chi connectivity index (χ0v) is 16.0. The van der Waals surface area contributed by atoms with E-state index in [9.17, 15) is 0 Å². The summed E-state index contributed by atoms with van der Waals surface area (Å²) in [6, 6.07) is 11.1. The number of rotatable bonds is 4. The first-order valence-electron chi connectivity index (χ1n) is 9.84. The summed E-state index contributed by atoms with van der Waals surface area (Å²) >= 11 is 0. The van der Waals surface area contributed by atoms with Crippen molar-refractivity contribution in [3.05, 3.63) is 60.0 Å². The van der Waals surface area contributed by atoms with Crippen LogP contribution in [0.5, 0.6) is 11.5 Å². The first-order valence-corrected chi connectivity index (χ1v) is 9.84. The minimum Gasteiger partial charge on any atom is -0.486 e. The summed E-state index contributed by atoms with van der Waals surface area (Å²) in [7, 11) is 1.92. The average molecular weight is 376 g/mol. The quantitative estimate of drug-likeness (QED) is 0.697. The van der Waals surface area contributed by atoms with Crippen molar-refractivity contribution in [1.29, 1.82) is 0 Å². The van der Waals surface area contributed by atoms with Crippen LogP contribution < -0.4 is 9.47 Å². The van der Waals surface area contributed by atoms with Crippen LogP contribution in [0.25, 0.3) is 11.3 Å². The minimum absolute atomic E-state index is 0.411. The summed E-state index contributed by atoms with van der Waals surface area (Å²) in [4.78, 5) is 7.18. The van der Waals surface area contributed by atoms with Gasteiger partial charge in [-0.25, -0.2) is 0 Å². The van der Waals surface area contributed by atoms with Gasteiger partial charge in [0, 0.05) is 37.6 Å². The van der Waals surface area contributed by atoms with Gasteiger partial charge in [0.05, 0.1) is 11.9 Å². The third kappa shape index (κ3) is 3.36. The minimum atomic E-state index is 0.411. The highest BCUT2D eigenvalue weighted by Crippen LogP contribution is 2.38. The summed E-state index contributed by atoms with van der Waals surface area (Å²) in [5.41, 5.74) is 4.55. The second kappa shape index (κ2) is 7.28. The predicted octanol–water partition coefficient (Wildman–Crippen LogP) is 3.59. The highest BCUT2D eigenvalue weighted by atomic mass is 16.6. The molecule has 1 aromatic carbocycles. The number of benzene rings is 1. The van der Waals surface area contributed by atoms with E-state index in [0.717, 1.165) is 35.8 Å². The first kappa shape index (κ1) is 17.3. The number of nitrogens with zero attached hydrogens (tertiary/aromatic N) is 4. The molecule has 0 spiro atoms. The Morgan fingerprint density at radius 3 is 2.75 bits per heavy atom. The highest BCUT2D eigenvalue weighted by Gasteiger charge is 2.27. The zero-order chi connectivity index (χ0) is 18.9. The lowest BCUT2D eigenvalue weighted by atomic mass is 10.0. The Kier molecular flexibility index (Phi) is 4.49. The second-order valence-electron chi connectivity index (χ2n) is 7.49.